The van der Waals surface area contributed by atoms with Gasteiger partial charge in [-0.3, -0.25) is 15.4 Å². The first-order chi connectivity index (χ1) is 18.7. The van der Waals surface area contributed by atoms with Crippen LogP contribution >= 0.6 is 35.3 Å². The minimum Gasteiger partial charge on any atom is -0.464 e. The number of hydrogen-bond acceptors (Lipinski definition) is 12. The largest absolute Gasteiger partial charge is 0.464 e. The number of thioether (sulfide) groups is 3. The molecule has 0 aromatic rings. The molecule has 4 atom stereocenters. The molecule has 0 radical (unpaired) electrons. The van der Waals surface area contributed by atoms with Gasteiger partial charge in [0.25, 0.3) is 0 Å². The summed E-state index contributed by atoms with van der Waals surface area (Å²) in [5.41, 5.74) is -3.06. The van der Waals surface area contributed by atoms with Gasteiger partial charge < -0.3 is 24.6 Å². The fourth-order valence-corrected chi connectivity index (χ4v) is 8.15. The number of nitrogens with zero attached hydrogens (tertiary/aromatic N) is 1. The molecule has 0 bridgehead atoms. The van der Waals surface area contributed by atoms with Crippen molar-refractivity contribution in [2.45, 2.75) is 101 Å². The van der Waals surface area contributed by atoms with Gasteiger partial charge in [0.1, 0.15) is 26.3 Å². The lowest BCUT2D eigenvalue weighted by Crippen LogP contribution is -2.50. The average Bonchev–Trinajstić information content (AvgIpc) is 3.13. The fourth-order valence-electron chi connectivity index (χ4n) is 4.51. The summed E-state index contributed by atoms with van der Waals surface area (Å²) in [7, 11) is 0. The maximum Gasteiger partial charge on any atom is 0.414 e. The number of carbonyl (C=O) groups is 4. The zero-order valence-electron chi connectivity index (χ0n) is 25.8. The number of amides is 3. The second-order valence-corrected chi connectivity index (χ2v) is 15.3. The van der Waals surface area contributed by atoms with Crippen LogP contribution in [0.15, 0.2) is 4.99 Å². The highest BCUT2D eigenvalue weighted by Crippen LogP contribution is 2.58. The summed E-state index contributed by atoms with van der Waals surface area (Å²) in [6.45, 7) is 13.1. The van der Waals surface area contributed by atoms with Crippen molar-refractivity contribution in [3.05, 3.63) is 0 Å². The van der Waals surface area contributed by atoms with Crippen molar-refractivity contribution in [3.63, 3.8) is 0 Å². The second kappa shape index (κ2) is 15.1. The van der Waals surface area contributed by atoms with Gasteiger partial charge in [0.05, 0.1) is 12.6 Å². The van der Waals surface area contributed by atoms with Crippen LogP contribution in [0.5, 0.6) is 0 Å². The monoisotopic (exact) mass is 638 g/mol. The van der Waals surface area contributed by atoms with Crippen LogP contribution in [0.4, 0.5) is 9.59 Å². The van der Waals surface area contributed by atoms with E-state index in [1.807, 2.05) is 18.8 Å². The van der Waals surface area contributed by atoms with Crippen LogP contribution in [-0.2, 0) is 23.8 Å². The molecule has 0 saturated heterocycles. The molecule has 3 unspecified atom stereocenters. The minimum absolute atomic E-state index is 0.0468. The van der Waals surface area contributed by atoms with E-state index in [2.05, 4.69) is 20.9 Å². The molecule has 0 aromatic heterocycles. The Morgan fingerprint density at radius 3 is 1.76 bits per heavy atom. The lowest BCUT2D eigenvalue weighted by Gasteiger charge is -2.42. The van der Waals surface area contributed by atoms with E-state index >= 15 is 0 Å². The molecule has 1 aliphatic rings. The fraction of sp³-hybridized carbons (Fsp3) is 0.808. The van der Waals surface area contributed by atoms with E-state index in [9.17, 15) is 24.3 Å². The Bertz CT molecular complexity index is 938. The first-order valence-electron chi connectivity index (χ1n) is 13.1. The highest BCUT2D eigenvalue weighted by atomic mass is 32.3. The molecular weight excluding hydrogens is 593 g/mol. The van der Waals surface area contributed by atoms with Crippen LogP contribution in [0.25, 0.3) is 0 Å². The van der Waals surface area contributed by atoms with Gasteiger partial charge in [-0.05, 0) is 73.7 Å². The maximum atomic E-state index is 13.1. The number of alkyl carbamates (subject to hydrolysis) is 2. The Morgan fingerprint density at radius 2 is 1.39 bits per heavy atom. The lowest BCUT2D eigenvalue weighted by molar-refractivity contribution is -0.149. The predicted octanol–water partition coefficient (Wildman–Crippen LogP) is 3.71. The van der Waals surface area contributed by atoms with Gasteiger partial charge in [-0.1, -0.05) is 0 Å². The number of aliphatic hydroxyl groups is 1. The van der Waals surface area contributed by atoms with Crippen LogP contribution in [0.1, 0.15) is 68.2 Å². The quantitative estimate of drug-likeness (QED) is 0.0957. The Hall–Kier alpha value is -1.84. The van der Waals surface area contributed by atoms with Crippen LogP contribution in [0.2, 0.25) is 0 Å². The smallest absolute Gasteiger partial charge is 0.414 e. The van der Waals surface area contributed by atoms with Gasteiger partial charge in [-0.25, -0.2) is 19.4 Å². The number of guanidine groups is 1. The van der Waals surface area contributed by atoms with Crippen LogP contribution in [-0.4, -0.2) is 92.8 Å². The van der Waals surface area contributed by atoms with Gasteiger partial charge in [-0.2, -0.15) is 0 Å². The molecule has 0 heterocycles. The van der Waals surface area contributed by atoms with E-state index in [4.69, 9.17) is 14.2 Å². The molecule has 0 aromatic carbocycles. The summed E-state index contributed by atoms with van der Waals surface area (Å²) in [6, 6.07) is -2.00. The molecule has 1 rings (SSSR count). The molecule has 15 heteroatoms. The summed E-state index contributed by atoms with van der Waals surface area (Å²) in [4.78, 5) is 55.2. The van der Waals surface area contributed by atoms with Crippen molar-refractivity contribution in [2.75, 3.05) is 25.4 Å². The lowest BCUT2D eigenvalue weighted by atomic mass is 9.93. The van der Waals surface area contributed by atoms with E-state index in [0.717, 1.165) is 0 Å². The molecule has 0 aliphatic heterocycles. The van der Waals surface area contributed by atoms with E-state index in [1.165, 1.54) is 42.2 Å². The van der Waals surface area contributed by atoms with E-state index in [-0.39, 0.29) is 25.4 Å². The summed E-state index contributed by atoms with van der Waals surface area (Å²) in [5, 5.41) is 19.7. The number of hydrogen-bond donors (Lipinski definition) is 4. The first kappa shape index (κ1) is 37.2. The molecule has 1 aliphatic carbocycles. The number of aliphatic imine (C=N–C) groups is 1. The first-order valence-corrected chi connectivity index (χ1v) is 16.8. The molecular formula is C26H46N4O8S3. The maximum absolute atomic E-state index is 13.1. The van der Waals surface area contributed by atoms with Crippen LogP contribution in [0, 0.1) is 5.92 Å². The van der Waals surface area contributed by atoms with Crippen LogP contribution in [0.3, 0.4) is 0 Å². The van der Waals surface area contributed by atoms with Gasteiger partial charge in [0.2, 0.25) is 11.9 Å². The molecule has 3 amide bonds. The Kier molecular flexibility index (Phi) is 13.7. The Labute approximate surface area is 256 Å². The third-order valence-electron chi connectivity index (χ3n) is 5.85. The van der Waals surface area contributed by atoms with Gasteiger partial charge in [0, 0.05) is 19.3 Å². The molecule has 4 N–H and O–H groups in total. The molecule has 1 fully saturated rings. The standard InChI is InChI=1S/C26H46N4O8S3/c1-12-36-19(32)18(27-15(2)31)16-13-25(35,26(39-9,40-10)41-11)14-17(16)28-20(29-21(33)37-23(3,4)5)30-22(34)38-24(6,7)8/h16-18,35H,12-14H2,1-11H3,(H,27,31)(H2,28,29,30,33,34)/t16?,17?,18?,25-/m1/s1. The van der Waals surface area contributed by atoms with Crippen molar-refractivity contribution >= 4 is 65.3 Å². The minimum atomic E-state index is -1.38. The molecule has 41 heavy (non-hydrogen) atoms. The molecule has 236 valence electrons. The summed E-state index contributed by atoms with van der Waals surface area (Å²) in [6.07, 6.45) is 4.00. The number of ether oxygens (including phenoxy) is 3. The molecule has 12 nitrogen and oxygen atoms in total. The van der Waals surface area contributed by atoms with Crippen molar-refractivity contribution < 1.29 is 38.5 Å². The topological polar surface area (TPSA) is 165 Å². The molecule has 0 spiro atoms. The van der Waals surface area contributed by atoms with Gasteiger partial charge in [0.15, 0.2) is 0 Å². The van der Waals surface area contributed by atoms with Crippen molar-refractivity contribution in [2.24, 2.45) is 10.9 Å². The third kappa shape index (κ3) is 11.1. The van der Waals surface area contributed by atoms with Gasteiger partial charge in [-0.15, -0.1) is 35.3 Å². The third-order valence-corrected chi connectivity index (χ3v) is 11.6. The van der Waals surface area contributed by atoms with E-state index in [0.29, 0.717) is 0 Å². The normalized spacial score (nSPS) is 21.8. The summed E-state index contributed by atoms with van der Waals surface area (Å²) in [5.74, 6) is -2.20. The zero-order chi connectivity index (χ0) is 31.8. The van der Waals surface area contributed by atoms with Crippen LogP contribution < -0.4 is 16.0 Å². The summed E-state index contributed by atoms with van der Waals surface area (Å²) < 4.78 is 15.2. The summed E-state index contributed by atoms with van der Waals surface area (Å²) >= 11 is 4.38. The Morgan fingerprint density at radius 1 is 0.927 bits per heavy atom. The van der Waals surface area contributed by atoms with Crippen molar-refractivity contribution in [1.82, 2.24) is 16.0 Å². The number of nitrogens with one attached hydrogen (secondary N) is 3. The highest BCUT2D eigenvalue weighted by molar-refractivity contribution is 8.33. The highest BCUT2D eigenvalue weighted by Gasteiger charge is 2.59. The van der Waals surface area contributed by atoms with Crippen molar-refractivity contribution in [1.29, 1.82) is 0 Å². The second-order valence-electron chi connectivity index (χ2n) is 11.5. The predicted molar refractivity (Wildman–Crippen MR) is 165 cm³/mol. The van der Waals surface area contributed by atoms with Crippen molar-refractivity contribution in [3.8, 4) is 0 Å². The van der Waals surface area contributed by atoms with E-state index < -0.39 is 62.3 Å². The number of carbonyl (C=O) groups excluding carboxylic acids is 4. The Balaban J connectivity index is 3.71. The number of rotatable bonds is 9. The SMILES string of the molecule is CCOC(=O)C(NC(C)=O)C1C[C@](O)(C(SC)(SC)SC)CC1N=C(NC(=O)OC(C)(C)C)NC(=O)OC(C)(C)C. The van der Waals surface area contributed by atoms with E-state index in [1.54, 1.807) is 48.5 Å². The van der Waals surface area contributed by atoms with Gasteiger partial charge >= 0.3 is 18.2 Å². The zero-order valence-corrected chi connectivity index (χ0v) is 28.3. The average molecular weight is 639 g/mol. The number of esters is 1. The molecule has 1 saturated carbocycles.